The molecule has 0 spiro atoms. The summed E-state index contributed by atoms with van der Waals surface area (Å²) in [7, 11) is 0. The predicted octanol–water partition coefficient (Wildman–Crippen LogP) is 7.73. The summed E-state index contributed by atoms with van der Waals surface area (Å²) < 4.78 is 63.2. The average molecular weight is 803 g/mol. The number of carbonyl (C=O) groups excluding carboxylic acids is 1. The standard InChI is InChI=1S/C45H42F4N8O2/c1-28-41(40(24-55-42(28)30-9-11-35(47)37(49)19-30)57-17-5-13-45(51,27-57)33-7-3-15-53-22-33)43(58)59-25-31-20-38(29-8-10-34(46)36(48)18-29)54-23-39(31)56-16-4-12-44(50,26-56)32-6-2-14-52-21-32/h2-3,6-11,14-15,18-24H,4-5,12-13,16-17,25-27,50-51H2,1H3. The third-order valence-corrected chi connectivity index (χ3v) is 11.4. The number of esters is 1. The lowest BCUT2D eigenvalue weighted by Gasteiger charge is -2.42. The maximum atomic E-state index is 14.7. The molecule has 2 unspecified atom stereocenters. The number of nitrogens with two attached hydrogens (primary N) is 2. The van der Waals surface area contributed by atoms with Crippen LogP contribution in [-0.2, 0) is 22.4 Å². The molecule has 59 heavy (non-hydrogen) atoms. The smallest absolute Gasteiger partial charge is 0.340 e. The minimum absolute atomic E-state index is 0.183. The van der Waals surface area contributed by atoms with Gasteiger partial charge in [-0.3, -0.25) is 19.9 Å². The predicted molar refractivity (Wildman–Crippen MR) is 216 cm³/mol. The van der Waals surface area contributed by atoms with Gasteiger partial charge in [0.2, 0.25) is 0 Å². The molecule has 8 rings (SSSR count). The first kappa shape index (κ1) is 39.6. The lowest BCUT2D eigenvalue weighted by molar-refractivity contribution is 0.0472. The van der Waals surface area contributed by atoms with Crippen LogP contribution in [-0.4, -0.2) is 52.1 Å². The largest absolute Gasteiger partial charge is 0.457 e. The maximum Gasteiger partial charge on any atom is 0.340 e. The van der Waals surface area contributed by atoms with E-state index in [0.29, 0.717) is 79.2 Å². The van der Waals surface area contributed by atoms with Crippen molar-refractivity contribution in [3.8, 4) is 22.5 Å². The Morgan fingerprint density at radius 1 is 0.712 bits per heavy atom. The van der Waals surface area contributed by atoms with Crippen molar-refractivity contribution in [1.82, 2.24) is 19.9 Å². The van der Waals surface area contributed by atoms with Gasteiger partial charge >= 0.3 is 5.97 Å². The van der Waals surface area contributed by atoms with Crippen LogP contribution in [0.4, 0.5) is 28.9 Å². The molecule has 2 fully saturated rings. The van der Waals surface area contributed by atoms with Crippen LogP contribution in [0.2, 0.25) is 0 Å². The average Bonchev–Trinajstić information content (AvgIpc) is 3.25. The van der Waals surface area contributed by atoms with Crippen LogP contribution in [0.15, 0.2) is 104 Å². The van der Waals surface area contributed by atoms with Gasteiger partial charge in [-0.15, -0.1) is 0 Å². The van der Waals surface area contributed by atoms with Gasteiger partial charge in [-0.2, -0.15) is 0 Å². The molecule has 0 saturated carbocycles. The highest BCUT2D eigenvalue weighted by Crippen LogP contribution is 2.38. The molecule has 302 valence electrons. The van der Waals surface area contributed by atoms with Crippen molar-refractivity contribution >= 4 is 17.3 Å². The second-order valence-electron chi connectivity index (χ2n) is 15.4. The molecule has 0 radical (unpaired) electrons. The van der Waals surface area contributed by atoms with Crippen LogP contribution in [0, 0.1) is 30.2 Å². The lowest BCUT2D eigenvalue weighted by Crippen LogP contribution is -2.52. The lowest BCUT2D eigenvalue weighted by atomic mass is 9.83. The van der Waals surface area contributed by atoms with E-state index in [1.807, 2.05) is 29.2 Å². The number of benzene rings is 2. The summed E-state index contributed by atoms with van der Waals surface area (Å²) in [6.07, 6.45) is 12.9. The van der Waals surface area contributed by atoms with Crippen molar-refractivity contribution < 1.29 is 27.1 Å². The van der Waals surface area contributed by atoms with E-state index in [1.165, 1.54) is 12.1 Å². The van der Waals surface area contributed by atoms with Gasteiger partial charge in [-0.25, -0.2) is 22.4 Å². The number of aromatic nitrogens is 4. The van der Waals surface area contributed by atoms with Crippen LogP contribution in [0.1, 0.15) is 58.3 Å². The Balaban J connectivity index is 1.17. The Labute approximate surface area is 338 Å². The number of halogens is 4. The quantitative estimate of drug-likeness (QED) is 0.110. The van der Waals surface area contributed by atoms with Gasteiger partial charge in [-0.05, 0) is 104 Å². The third kappa shape index (κ3) is 7.97. The minimum Gasteiger partial charge on any atom is -0.457 e. The van der Waals surface area contributed by atoms with Crippen molar-refractivity contribution in [1.29, 1.82) is 0 Å². The van der Waals surface area contributed by atoms with Gasteiger partial charge < -0.3 is 26.0 Å². The van der Waals surface area contributed by atoms with Crippen LogP contribution in [0.3, 0.4) is 0 Å². The summed E-state index contributed by atoms with van der Waals surface area (Å²) in [6, 6.07) is 16.2. The first-order valence-electron chi connectivity index (χ1n) is 19.4. The van der Waals surface area contributed by atoms with Crippen molar-refractivity contribution in [2.75, 3.05) is 36.0 Å². The maximum absolute atomic E-state index is 14.7. The van der Waals surface area contributed by atoms with E-state index < -0.39 is 40.3 Å². The fourth-order valence-corrected chi connectivity index (χ4v) is 8.31. The Kier molecular flexibility index (Phi) is 10.9. The molecule has 10 nitrogen and oxygen atoms in total. The molecular weight excluding hydrogens is 761 g/mol. The van der Waals surface area contributed by atoms with Gasteiger partial charge in [0.1, 0.15) is 6.61 Å². The molecule has 0 aliphatic carbocycles. The van der Waals surface area contributed by atoms with Crippen LogP contribution in [0.25, 0.3) is 22.5 Å². The van der Waals surface area contributed by atoms with Gasteiger partial charge in [0.25, 0.3) is 0 Å². The van der Waals surface area contributed by atoms with E-state index in [2.05, 4.69) is 24.8 Å². The number of rotatable bonds is 9. The second-order valence-corrected chi connectivity index (χ2v) is 15.4. The summed E-state index contributed by atoms with van der Waals surface area (Å²) in [5.74, 6) is -4.78. The molecule has 2 aliphatic heterocycles. The number of nitrogens with zero attached hydrogens (tertiary/aromatic N) is 6. The molecule has 2 atom stereocenters. The van der Waals surface area contributed by atoms with E-state index in [4.69, 9.17) is 16.2 Å². The number of hydrogen-bond donors (Lipinski definition) is 2. The van der Waals surface area contributed by atoms with Crippen LogP contribution < -0.4 is 21.3 Å². The number of carbonyl (C=O) groups is 1. The van der Waals surface area contributed by atoms with Crippen molar-refractivity contribution in [3.05, 3.63) is 155 Å². The van der Waals surface area contributed by atoms with Crippen LogP contribution in [0.5, 0.6) is 0 Å². The Hall–Kier alpha value is -6.25. The second kappa shape index (κ2) is 16.2. The highest BCUT2D eigenvalue weighted by molar-refractivity contribution is 5.99. The van der Waals surface area contributed by atoms with E-state index in [9.17, 15) is 22.4 Å². The van der Waals surface area contributed by atoms with E-state index in [1.54, 1.807) is 50.2 Å². The van der Waals surface area contributed by atoms with Crippen molar-refractivity contribution in [3.63, 3.8) is 0 Å². The topological polar surface area (TPSA) is 136 Å². The molecule has 6 aromatic rings. The van der Waals surface area contributed by atoms with Gasteiger partial charge in [0.15, 0.2) is 23.3 Å². The summed E-state index contributed by atoms with van der Waals surface area (Å²) >= 11 is 0. The molecular formula is C45H42F4N8O2. The zero-order chi connectivity index (χ0) is 41.3. The van der Waals surface area contributed by atoms with E-state index >= 15 is 0 Å². The normalized spacial score (nSPS) is 19.4. The first-order valence-corrected chi connectivity index (χ1v) is 19.4. The van der Waals surface area contributed by atoms with E-state index in [0.717, 1.165) is 41.8 Å². The zero-order valence-electron chi connectivity index (χ0n) is 32.3. The third-order valence-electron chi connectivity index (χ3n) is 11.4. The monoisotopic (exact) mass is 802 g/mol. The Bertz CT molecular complexity index is 2510. The zero-order valence-corrected chi connectivity index (χ0v) is 32.3. The molecule has 14 heteroatoms. The molecule has 0 amide bonds. The van der Waals surface area contributed by atoms with Gasteiger partial charge in [0.05, 0.1) is 51.8 Å². The number of ether oxygens (including phenoxy) is 1. The minimum atomic E-state index is -1.05. The first-order chi connectivity index (χ1) is 28.4. The highest BCUT2D eigenvalue weighted by Gasteiger charge is 2.37. The number of hydrogen-bond acceptors (Lipinski definition) is 10. The molecule has 0 bridgehead atoms. The summed E-state index contributed by atoms with van der Waals surface area (Å²) in [4.78, 5) is 36.6. The molecule has 2 aliphatic rings. The molecule has 4 N–H and O–H groups in total. The fraction of sp³-hybridized carbons (Fsp3) is 0.267. The summed E-state index contributed by atoms with van der Waals surface area (Å²) in [5.41, 5.74) is 17.7. The number of pyridine rings is 4. The molecule has 6 heterocycles. The number of anilines is 2. The van der Waals surface area contributed by atoms with Crippen molar-refractivity contribution in [2.24, 2.45) is 11.5 Å². The number of piperidine rings is 2. The summed E-state index contributed by atoms with van der Waals surface area (Å²) in [5, 5.41) is 0. The van der Waals surface area contributed by atoms with Crippen LogP contribution >= 0.6 is 0 Å². The molecule has 4 aromatic heterocycles. The highest BCUT2D eigenvalue weighted by atomic mass is 19.2. The SMILES string of the molecule is Cc1c(-c2ccc(F)c(F)c2)ncc(N2CCCC(N)(c3cccnc3)C2)c1C(=O)OCc1cc(-c2ccc(F)c(F)c2)ncc1N1CCCC(N)(c2cccnc2)C1. The Morgan fingerprint density at radius 3 is 1.85 bits per heavy atom. The van der Waals surface area contributed by atoms with Gasteiger partial charge in [-0.1, -0.05) is 12.1 Å². The van der Waals surface area contributed by atoms with E-state index in [-0.39, 0.29) is 23.4 Å². The van der Waals surface area contributed by atoms with Gasteiger partial charge in [0, 0.05) is 67.7 Å². The fourth-order valence-electron chi connectivity index (χ4n) is 8.31. The van der Waals surface area contributed by atoms with Crippen molar-refractivity contribution in [2.45, 2.75) is 50.3 Å². The Morgan fingerprint density at radius 2 is 1.27 bits per heavy atom. The summed E-state index contributed by atoms with van der Waals surface area (Å²) in [6.45, 7) is 3.38. The molecule has 2 saturated heterocycles. The molecule has 2 aromatic carbocycles.